The summed E-state index contributed by atoms with van der Waals surface area (Å²) in [6.45, 7) is 1.37. The molecule has 0 amide bonds. The fraction of sp³-hybridized carbons (Fsp3) is 1.00. The first-order chi connectivity index (χ1) is 7.57. The molecule has 3 atom stereocenters. The highest BCUT2D eigenvalue weighted by atomic mass is 19.4. The van der Waals surface area contributed by atoms with Gasteiger partial charge in [0.2, 0.25) is 0 Å². The van der Waals surface area contributed by atoms with Crippen molar-refractivity contribution in [1.29, 1.82) is 0 Å². The highest BCUT2D eigenvalue weighted by molar-refractivity contribution is 4.89. The Bertz CT molecular complexity index is 226. The first-order valence-electron chi connectivity index (χ1n) is 5.98. The first-order valence-corrected chi connectivity index (χ1v) is 5.98. The van der Waals surface area contributed by atoms with Gasteiger partial charge in [0, 0.05) is 12.6 Å². The SMILES string of the molecule is FC(F)(F)C1CCCC(C2CCCOC2)N1. The lowest BCUT2D eigenvalue weighted by Crippen LogP contribution is -2.53. The molecule has 0 aromatic rings. The van der Waals surface area contributed by atoms with Crippen LogP contribution in [0.25, 0.3) is 0 Å². The zero-order valence-corrected chi connectivity index (χ0v) is 9.22. The largest absolute Gasteiger partial charge is 0.403 e. The molecule has 94 valence electrons. The van der Waals surface area contributed by atoms with Gasteiger partial charge in [-0.15, -0.1) is 0 Å². The molecule has 0 aliphatic carbocycles. The first kappa shape index (κ1) is 12.2. The lowest BCUT2D eigenvalue weighted by Gasteiger charge is -2.38. The molecular formula is C11H18F3NO. The molecule has 0 saturated carbocycles. The zero-order chi connectivity index (χ0) is 11.6. The number of ether oxygens (including phenoxy) is 1. The van der Waals surface area contributed by atoms with Gasteiger partial charge in [0.1, 0.15) is 6.04 Å². The van der Waals surface area contributed by atoms with Gasteiger partial charge < -0.3 is 10.1 Å². The van der Waals surface area contributed by atoms with E-state index in [1.165, 1.54) is 0 Å². The van der Waals surface area contributed by atoms with E-state index in [1.807, 2.05) is 0 Å². The summed E-state index contributed by atoms with van der Waals surface area (Å²) in [6, 6.07) is -1.33. The van der Waals surface area contributed by atoms with Crippen LogP contribution in [0.2, 0.25) is 0 Å². The van der Waals surface area contributed by atoms with E-state index < -0.39 is 12.2 Å². The average molecular weight is 237 g/mol. The predicted molar refractivity (Wildman–Crippen MR) is 54.2 cm³/mol. The number of halogens is 3. The topological polar surface area (TPSA) is 21.3 Å². The molecule has 2 aliphatic heterocycles. The van der Waals surface area contributed by atoms with E-state index in [-0.39, 0.29) is 18.4 Å². The Labute approximate surface area is 93.5 Å². The molecule has 2 saturated heterocycles. The van der Waals surface area contributed by atoms with Crippen LogP contribution < -0.4 is 5.32 Å². The normalized spacial score (nSPS) is 37.3. The van der Waals surface area contributed by atoms with Crippen molar-refractivity contribution in [2.75, 3.05) is 13.2 Å². The molecule has 2 heterocycles. The monoisotopic (exact) mass is 237 g/mol. The minimum atomic E-state index is -4.10. The molecule has 2 aliphatic rings. The highest BCUT2D eigenvalue weighted by Gasteiger charge is 2.43. The molecule has 0 bridgehead atoms. The highest BCUT2D eigenvalue weighted by Crippen LogP contribution is 2.31. The number of alkyl halides is 3. The molecule has 0 aromatic heterocycles. The van der Waals surface area contributed by atoms with E-state index in [1.54, 1.807) is 0 Å². The lowest BCUT2D eigenvalue weighted by atomic mass is 9.86. The maximum Gasteiger partial charge on any atom is 0.403 e. The van der Waals surface area contributed by atoms with Crippen molar-refractivity contribution in [1.82, 2.24) is 5.32 Å². The lowest BCUT2D eigenvalue weighted by molar-refractivity contribution is -0.165. The summed E-state index contributed by atoms with van der Waals surface area (Å²) < 4.78 is 43.1. The standard InChI is InChI=1S/C11H18F3NO/c12-11(13,14)10-5-1-4-9(15-10)8-3-2-6-16-7-8/h8-10,15H,1-7H2. The van der Waals surface area contributed by atoms with Crippen LogP contribution in [0.15, 0.2) is 0 Å². The van der Waals surface area contributed by atoms with E-state index in [0.717, 1.165) is 25.9 Å². The molecule has 2 fully saturated rings. The summed E-state index contributed by atoms with van der Waals surface area (Å²) in [4.78, 5) is 0. The minimum Gasteiger partial charge on any atom is -0.381 e. The van der Waals surface area contributed by atoms with Gasteiger partial charge in [-0.2, -0.15) is 13.2 Å². The molecule has 0 spiro atoms. The van der Waals surface area contributed by atoms with Crippen molar-refractivity contribution in [2.24, 2.45) is 5.92 Å². The van der Waals surface area contributed by atoms with Crippen LogP contribution in [0.3, 0.4) is 0 Å². The number of nitrogens with one attached hydrogen (secondary N) is 1. The molecule has 2 rings (SSSR count). The third-order valence-electron chi connectivity index (χ3n) is 3.58. The molecule has 2 nitrogen and oxygen atoms in total. The predicted octanol–water partition coefficient (Wildman–Crippen LogP) is 2.49. The summed E-state index contributed by atoms with van der Waals surface area (Å²) in [7, 11) is 0. The van der Waals surface area contributed by atoms with Crippen molar-refractivity contribution in [3.8, 4) is 0 Å². The van der Waals surface area contributed by atoms with Gasteiger partial charge in [0.15, 0.2) is 0 Å². The fourth-order valence-electron chi connectivity index (χ4n) is 2.68. The van der Waals surface area contributed by atoms with Crippen LogP contribution >= 0.6 is 0 Å². The smallest absolute Gasteiger partial charge is 0.381 e. The van der Waals surface area contributed by atoms with Gasteiger partial charge in [-0.25, -0.2) is 0 Å². The molecule has 0 aromatic carbocycles. The molecule has 3 unspecified atom stereocenters. The van der Waals surface area contributed by atoms with Crippen molar-refractivity contribution in [3.05, 3.63) is 0 Å². The molecule has 0 radical (unpaired) electrons. The van der Waals surface area contributed by atoms with Crippen molar-refractivity contribution < 1.29 is 17.9 Å². The zero-order valence-electron chi connectivity index (χ0n) is 9.22. The second-order valence-electron chi connectivity index (χ2n) is 4.78. The Hall–Kier alpha value is -0.290. The van der Waals surface area contributed by atoms with E-state index in [0.29, 0.717) is 13.0 Å². The van der Waals surface area contributed by atoms with Crippen LogP contribution in [0, 0.1) is 5.92 Å². The van der Waals surface area contributed by atoms with Gasteiger partial charge in [-0.05, 0) is 38.0 Å². The van der Waals surface area contributed by atoms with Crippen molar-refractivity contribution >= 4 is 0 Å². The van der Waals surface area contributed by atoms with Gasteiger partial charge >= 0.3 is 6.18 Å². The second-order valence-corrected chi connectivity index (χ2v) is 4.78. The van der Waals surface area contributed by atoms with Crippen molar-refractivity contribution in [3.63, 3.8) is 0 Å². The Morgan fingerprint density at radius 1 is 1.06 bits per heavy atom. The summed E-state index contributed by atoms with van der Waals surface area (Å²) in [5.74, 6) is 0.263. The van der Waals surface area contributed by atoms with Crippen LogP contribution in [0.5, 0.6) is 0 Å². The molecule has 16 heavy (non-hydrogen) atoms. The second kappa shape index (κ2) is 4.92. The molecule has 1 N–H and O–H groups in total. The van der Waals surface area contributed by atoms with Gasteiger partial charge in [0.05, 0.1) is 6.61 Å². The van der Waals surface area contributed by atoms with Gasteiger partial charge in [-0.1, -0.05) is 0 Å². The number of hydrogen-bond acceptors (Lipinski definition) is 2. The summed E-state index contributed by atoms with van der Waals surface area (Å²) >= 11 is 0. The van der Waals surface area contributed by atoms with Crippen LogP contribution in [0.4, 0.5) is 13.2 Å². The molecule has 5 heteroatoms. The maximum absolute atomic E-state index is 12.6. The number of piperidine rings is 1. The number of rotatable bonds is 1. The summed E-state index contributed by atoms with van der Waals surface area (Å²) in [6.07, 6.45) is -0.414. The Balaban J connectivity index is 1.90. The minimum absolute atomic E-state index is 0.0133. The summed E-state index contributed by atoms with van der Waals surface area (Å²) in [5, 5.41) is 2.76. The van der Waals surface area contributed by atoms with E-state index >= 15 is 0 Å². The van der Waals surface area contributed by atoms with E-state index in [2.05, 4.69) is 5.32 Å². The Kier molecular flexibility index (Phi) is 3.74. The van der Waals surface area contributed by atoms with Gasteiger partial charge in [0.25, 0.3) is 0 Å². The van der Waals surface area contributed by atoms with Crippen molar-refractivity contribution in [2.45, 2.75) is 50.4 Å². The maximum atomic E-state index is 12.6. The molecular weight excluding hydrogens is 219 g/mol. The third kappa shape index (κ3) is 2.88. The fourth-order valence-corrected chi connectivity index (χ4v) is 2.68. The quantitative estimate of drug-likeness (QED) is 0.756. The van der Waals surface area contributed by atoms with E-state index in [4.69, 9.17) is 4.74 Å². The van der Waals surface area contributed by atoms with Crippen LogP contribution in [-0.4, -0.2) is 31.5 Å². The number of hydrogen-bond donors (Lipinski definition) is 1. The Morgan fingerprint density at radius 3 is 2.50 bits per heavy atom. The van der Waals surface area contributed by atoms with Gasteiger partial charge in [-0.3, -0.25) is 0 Å². The average Bonchev–Trinajstić information content (AvgIpc) is 2.29. The van der Waals surface area contributed by atoms with E-state index in [9.17, 15) is 13.2 Å². The van der Waals surface area contributed by atoms with Crippen LogP contribution in [-0.2, 0) is 4.74 Å². The third-order valence-corrected chi connectivity index (χ3v) is 3.58. The van der Waals surface area contributed by atoms with Crippen LogP contribution in [0.1, 0.15) is 32.1 Å². The summed E-state index contributed by atoms with van der Waals surface area (Å²) in [5.41, 5.74) is 0. The Morgan fingerprint density at radius 2 is 1.88 bits per heavy atom.